The van der Waals surface area contributed by atoms with E-state index in [2.05, 4.69) is 13.0 Å². The molecule has 1 aromatic rings. The number of rotatable bonds is 0. The molecule has 0 radical (unpaired) electrons. The zero-order chi connectivity index (χ0) is 19.0. The Hall–Kier alpha value is -1.51. The number of phenols is 1. The number of hydrogen-bond donors (Lipinski definition) is 1. The Kier molecular flexibility index (Phi) is 3.59. The molecule has 3 fully saturated rings. The fraction of sp³-hybridized carbons (Fsp3) is 0.708. The molecular weight excluding hydrogens is 336 g/mol. The largest absolute Gasteiger partial charge is 0.508 e. The third kappa shape index (κ3) is 2.29. The van der Waals surface area contributed by atoms with Gasteiger partial charge in [-0.15, -0.1) is 0 Å². The van der Waals surface area contributed by atoms with Crippen LogP contribution in [-0.2, 0) is 16.0 Å². The smallest absolute Gasteiger partial charge is 0.312 e. The fourth-order valence-electron chi connectivity index (χ4n) is 7.22. The zero-order valence-corrected chi connectivity index (χ0v) is 16.9. The van der Waals surface area contributed by atoms with Gasteiger partial charge in [-0.1, -0.05) is 13.0 Å². The standard InChI is InChI=1S/C24H32O3/c1-22(2)12-13-24(27-21(22)26)11-9-20-19-6-4-15-14-16(25)5-7-17(15)18(19)8-10-23(20,24)3/h5,7,14,18-20,25H,4,6,8-13H2,1-3H3/t18?,19?,20?,23?,24-/m1/s1. The lowest BCUT2D eigenvalue weighted by molar-refractivity contribution is -0.206. The Balaban J connectivity index is 1.47. The maximum absolute atomic E-state index is 12.7. The van der Waals surface area contributed by atoms with Gasteiger partial charge in [0, 0.05) is 5.41 Å². The third-order valence-electron chi connectivity index (χ3n) is 8.99. The van der Waals surface area contributed by atoms with Crippen LogP contribution in [0, 0.1) is 22.7 Å². The van der Waals surface area contributed by atoms with Crippen molar-refractivity contribution in [3.8, 4) is 5.75 Å². The topological polar surface area (TPSA) is 46.5 Å². The number of esters is 1. The quantitative estimate of drug-likeness (QED) is 0.628. The molecule has 2 saturated carbocycles. The summed E-state index contributed by atoms with van der Waals surface area (Å²) in [6, 6.07) is 5.99. The minimum Gasteiger partial charge on any atom is -0.508 e. The molecule has 146 valence electrons. The Bertz CT molecular complexity index is 797. The highest BCUT2D eigenvalue weighted by molar-refractivity contribution is 5.77. The Labute approximate surface area is 162 Å². The molecule has 1 aliphatic heterocycles. The van der Waals surface area contributed by atoms with Crippen LogP contribution in [0.15, 0.2) is 18.2 Å². The molecule has 0 bridgehead atoms. The van der Waals surface area contributed by atoms with Crippen molar-refractivity contribution in [2.45, 2.75) is 83.7 Å². The van der Waals surface area contributed by atoms with E-state index in [9.17, 15) is 9.90 Å². The van der Waals surface area contributed by atoms with Crippen LogP contribution in [0.25, 0.3) is 0 Å². The van der Waals surface area contributed by atoms with Gasteiger partial charge in [-0.3, -0.25) is 4.79 Å². The van der Waals surface area contributed by atoms with Crippen molar-refractivity contribution in [3.63, 3.8) is 0 Å². The van der Waals surface area contributed by atoms with Gasteiger partial charge in [0.25, 0.3) is 0 Å². The predicted octanol–water partition coefficient (Wildman–Crippen LogP) is 5.35. The van der Waals surface area contributed by atoms with Crippen LogP contribution in [0.3, 0.4) is 0 Å². The minimum absolute atomic E-state index is 0.0159. The van der Waals surface area contributed by atoms with Gasteiger partial charge < -0.3 is 9.84 Å². The number of hydrogen-bond acceptors (Lipinski definition) is 3. The third-order valence-corrected chi connectivity index (χ3v) is 8.99. The first-order chi connectivity index (χ1) is 12.8. The number of fused-ring (bicyclic) bond motifs is 6. The van der Waals surface area contributed by atoms with Crippen molar-refractivity contribution in [2.75, 3.05) is 0 Å². The van der Waals surface area contributed by atoms with E-state index >= 15 is 0 Å². The average molecular weight is 369 g/mol. The molecular formula is C24H32O3. The average Bonchev–Trinajstić information content (AvgIpc) is 2.91. The van der Waals surface area contributed by atoms with Crippen LogP contribution < -0.4 is 0 Å². The molecule has 27 heavy (non-hydrogen) atoms. The number of carbonyl (C=O) groups excluding carboxylic acids is 1. The SMILES string of the molecule is CC1(C)CC[C@@]2(CCC3C4CCc5cc(O)ccc5C4CCC32C)OC1=O. The van der Waals surface area contributed by atoms with Crippen molar-refractivity contribution in [2.24, 2.45) is 22.7 Å². The summed E-state index contributed by atoms with van der Waals surface area (Å²) in [6.45, 7) is 6.49. The first-order valence-electron chi connectivity index (χ1n) is 10.8. The lowest BCUT2D eigenvalue weighted by Crippen LogP contribution is -2.56. The monoisotopic (exact) mass is 368 g/mol. The second-order valence-electron chi connectivity index (χ2n) is 10.6. The summed E-state index contributed by atoms with van der Waals surface area (Å²) in [7, 11) is 0. The number of aromatic hydroxyl groups is 1. The molecule has 1 spiro atoms. The van der Waals surface area contributed by atoms with Crippen molar-refractivity contribution in [3.05, 3.63) is 29.3 Å². The van der Waals surface area contributed by atoms with Gasteiger partial charge >= 0.3 is 5.97 Å². The molecule has 3 heteroatoms. The minimum atomic E-state index is -0.331. The van der Waals surface area contributed by atoms with Gasteiger partial charge in [0.15, 0.2) is 0 Å². The second kappa shape index (κ2) is 5.52. The van der Waals surface area contributed by atoms with E-state index in [-0.39, 0.29) is 22.4 Å². The highest BCUT2D eigenvalue weighted by atomic mass is 16.6. The van der Waals surface area contributed by atoms with Gasteiger partial charge in [0.1, 0.15) is 11.4 Å². The van der Waals surface area contributed by atoms with E-state index in [0.717, 1.165) is 32.1 Å². The van der Waals surface area contributed by atoms with Crippen molar-refractivity contribution >= 4 is 5.97 Å². The van der Waals surface area contributed by atoms with Gasteiger partial charge in [0.2, 0.25) is 0 Å². The molecule has 1 heterocycles. The van der Waals surface area contributed by atoms with Gasteiger partial charge in [-0.25, -0.2) is 0 Å². The molecule has 5 atom stereocenters. The molecule has 4 unspecified atom stereocenters. The number of aryl methyl sites for hydroxylation is 1. The van der Waals surface area contributed by atoms with E-state index in [4.69, 9.17) is 4.74 Å². The number of carbonyl (C=O) groups is 1. The van der Waals surface area contributed by atoms with E-state index in [1.807, 2.05) is 26.0 Å². The first-order valence-corrected chi connectivity index (χ1v) is 10.8. The molecule has 3 aliphatic carbocycles. The summed E-state index contributed by atoms with van der Waals surface area (Å²) in [6.07, 6.45) is 8.81. The van der Waals surface area contributed by atoms with Crippen LogP contribution in [0.5, 0.6) is 5.75 Å². The molecule has 1 aromatic carbocycles. The Morgan fingerprint density at radius 2 is 1.85 bits per heavy atom. The van der Waals surface area contributed by atoms with Gasteiger partial charge in [-0.05, 0) is 106 Å². The highest BCUT2D eigenvalue weighted by Crippen LogP contribution is 2.67. The Morgan fingerprint density at radius 3 is 2.63 bits per heavy atom. The molecule has 1 N–H and O–H groups in total. The summed E-state index contributed by atoms with van der Waals surface area (Å²) in [4.78, 5) is 12.7. The summed E-state index contributed by atoms with van der Waals surface area (Å²) >= 11 is 0. The van der Waals surface area contributed by atoms with E-state index in [1.165, 1.54) is 30.4 Å². The normalized spacial score (nSPS) is 42.2. The summed E-state index contributed by atoms with van der Waals surface area (Å²) < 4.78 is 6.32. The maximum atomic E-state index is 12.7. The summed E-state index contributed by atoms with van der Waals surface area (Å²) in [5, 5.41) is 9.86. The molecule has 3 nitrogen and oxygen atoms in total. The number of ether oxygens (including phenoxy) is 1. The number of benzene rings is 1. The fourth-order valence-corrected chi connectivity index (χ4v) is 7.22. The van der Waals surface area contributed by atoms with Crippen molar-refractivity contribution in [1.82, 2.24) is 0 Å². The molecule has 5 rings (SSSR count). The van der Waals surface area contributed by atoms with E-state index < -0.39 is 0 Å². The van der Waals surface area contributed by atoms with Crippen molar-refractivity contribution in [1.29, 1.82) is 0 Å². The highest BCUT2D eigenvalue weighted by Gasteiger charge is 2.65. The van der Waals surface area contributed by atoms with E-state index in [0.29, 0.717) is 23.5 Å². The lowest BCUT2D eigenvalue weighted by Gasteiger charge is -2.56. The van der Waals surface area contributed by atoms with Crippen LogP contribution in [0.1, 0.15) is 82.8 Å². The first kappa shape index (κ1) is 17.6. The van der Waals surface area contributed by atoms with Gasteiger partial charge in [0.05, 0.1) is 5.41 Å². The maximum Gasteiger partial charge on any atom is 0.312 e. The van der Waals surface area contributed by atoms with Gasteiger partial charge in [-0.2, -0.15) is 0 Å². The van der Waals surface area contributed by atoms with Crippen LogP contribution >= 0.6 is 0 Å². The van der Waals surface area contributed by atoms with Crippen LogP contribution in [0.4, 0.5) is 0 Å². The number of phenolic OH excluding ortho intramolecular Hbond substituents is 1. The lowest BCUT2D eigenvalue weighted by atomic mass is 9.52. The van der Waals surface area contributed by atoms with Crippen LogP contribution in [0.2, 0.25) is 0 Å². The summed E-state index contributed by atoms with van der Waals surface area (Å²) in [5.41, 5.74) is 2.37. The van der Waals surface area contributed by atoms with Crippen LogP contribution in [-0.4, -0.2) is 16.7 Å². The van der Waals surface area contributed by atoms with E-state index in [1.54, 1.807) is 0 Å². The van der Waals surface area contributed by atoms with Crippen molar-refractivity contribution < 1.29 is 14.6 Å². The molecule has 4 aliphatic rings. The molecule has 0 aromatic heterocycles. The Morgan fingerprint density at radius 1 is 1.04 bits per heavy atom. The zero-order valence-electron chi connectivity index (χ0n) is 16.9. The summed E-state index contributed by atoms with van der Waals surface area (Å²) in [5.74, 6) is 2.35. The second-order valence-corrected chi connectivity index (χ2v) is 10.6. The molecule has 0 amide bonds. The predicted molar refractivity (Wildman–Crippen MR) is 105 cm³/mol. The molecule has 1 saturated heterocycles.